The number of hydrogen-bond donors (Lipinski definition) is 0. The molecule has 0 radical (unpaired) electrons. The van der Waals surface area contributed by atoms with Crippen LogP contribution in [0.25, 0.3) is 22.3 Å². The molecule has 0 atom stereocenters. The van der Waals surface area contributed by atoms with Crippen LogP contribution in [0.3, 0.4) is 0 Å². The molecule has 0 unspecified atom stereocenters. The molecule has 4 rings (SSSR count). The lowest BCUT2D eigenvalue weighted by Crippen LogP contribution is -2.09. The average molecular weight is 519 g/mol. The first-order chi connectivity index (χ1) is 18.4. The van der Waals surface area contributed by atoms with Gasteiger partial charge >= 0.3 is 5.97 Å². The number of halogens is 3. The van der Waals surface area contributed by atoms with Crippen LogP contribution in [0.1, 0.15) is 49.0 Å². The van der Waals surface area contributed by atoms with Gasteiger partial charge in [0, 0.05) is 17.2 Å². The second-order valence-electron chi connectivity index (χ2n) is 8.93. The van der Waals surface area contributed by atoms with Crippen LogP contribution in [0.2, 0.25) is 0 Å². The first-order valence-electron chi connectivity index (χ1n) is 12.7. The van der Waals surface area contributed by atoms with Crippen LogP contribution >= 0.6 is 0 Å². The van der Waals surface area contributed by atoms with E-state index in [9.17, 15) is 9.18 Å². The number of ether oxygens (including phenoxy) is 2. The van der Waals surface area contributed by atoms with Gasteiger partial charge in [-0.05, 0) is 60.7 Å². The Hall–Kier alpha value is -4.06. The number of aryl methyl sites for hydroxylation is 1. The Bertz CT molecular complexity index is 1400. The van der Waals surface area contributed by atoms with Crippen molar-refractivity contribution < 1.29 is 27.4 Å². The summed E-state index contributed by atoms with van der Waals surface area (Å²) < 4.78 is 54.7. The normalized spacial score (nSPS) is 10.9. The molecule has 0 spiro atoms. The Morgan fingerprint density at radius 1 is 0.737 bits per heavy atom. The number of benzene rings is 4. The maximum Gasteiger partial charge on any atom is 0.343 e. The second kappa shape index (κ2) is 12.5. The van der Waals surface area contributed by atoms with Gasteiger partial charge in [-0.1, -0.05) is 68.3 Å². The van der Waals surface area contributed by atoms with Crippen LogP contribution in [-0.2, 0) is 6.42 Å². The van der Waals surface area contributed by atoms with Gasteiger partial charge in [0.1, 0.15) is 5.75 Å². The van der Waals surface area contributed by atoms with Crippen LogP contribution in [0.5, 0.6) is 11.5 Å². The van der Waals surface area contributed by atoms with Crippen LogP contribution in [0.15, 0.2) is 78.9 Å². The van der Waals surface area contributed by atoms with Gasteiger partial charge < -0.3 is 9.47 Å². The van der Waals surface area contributed by atoms with Crippen molar-refractivity contribution in [2.24, 2.45) is 0 Å². The quantitative estimate of drug-likeness (QED) is 0.120. The van der Waals surface area contributed by atoms with Crippen LogP contribution < -0.4 is 9.47 Å². The van der Waals surface area contributed by atoms with Gasteiger partial charge in [-0.3, -0.25) is 0 Å². The lowest BCUT2D eigenvalue weighted by molar-refractivity contribution is 0.0727. The number of esters is 1. The maximum absolute atomic E-state index is 15.1. The molecule has 0 saturated heterocycles. The predicted molar refractivity (Wildman–Crippen MR) is 143 cm³/mol. The molecular formula is C32H29F3O3. The molecule has 0 fully saturated rings. The maximum atomic E-state index is 15.1. The molecule has 0 aliphatic carbocycles. The molecule has 0 aliphatic rings. The topological polar surface area (TPSA) is 35.5 Å². The molecule has 4 aromatic rings. The lowest BCUT2D eigenvalue weighted by Gasteiger charge is -2.11. The number of unbranched alkanes of at least 4 members (excludes halogenated alkanes) is 2. The molecule has 196 valence electrons. The van der Waals surface area contributed by atoms with Crippen LogP contribution in [0.4, 0.5) is 13.2 Å². The van der Waals surface area contributed by atoms with Gasteiger partial charge in [0.25, 0.3) is 0 Å². The summed E-state index contributed by atoms with van der Waals surface area (Å²) in [7, 11) is 0. The fourth-order valence-electron chi connectivity index (χ4n) is 4.19. The van der Waals surface area contributed by atoms with Crippen molar-refractivity contribution in [3.05, 3.63) is 107 Å². The van der Waals surface area contributed by atoms with Crippen molar-refractivity contribution in [3.8, 4) is 33.8 Å². The van der Waals surface area contributed by atoms with E-state index in [1.165, 1.54) is 48.0 Å². The van der Waals surface area contributed by atoms with Crippen LogP contribution in [0, 0.1) is 17.5 Å². The highest BCUT2D eigenvalue weighted by Crippen LogP contribution is 2.32. The predicted octanol–water partition coefficient (Wildman–Crippen LogP) is 8.79. The standard InChI is InChI=1S/C32H29F3O3/c1-3-5-6-7-21-8-10-22(11-9-21)26-17-18-27(31(35)30(26)34)23-12-14-24(15-13-23)32(36)38-29-19-16-25(37-4-2)20-28(29)33/h8-20H,3-7H2,1-2H3. The Kier molecular flexibility index (Phi) is 8.85. The summed E-state index contributed by atoms with van der Waals surface area (Å²) in [5, 5.41) is 0. The fourth-order valence-corrected chi connectivity index (χ4v) is 4.19. The monoisotopic (exact) mass is 518 g/mol. The van der Waals surface area contributed by atoms with E-state index >= 15 is 8.78 Å². The Labute approximate surface area is 220 Å². The summed E-state index contributed by atoms with van der Waals surface area (Å²) in [5.41, 5.74) is 2.56. The molecule has 0 heterocycles. The zero-order valence-electron chi connectivity index (χ0n) is 21.4. The number of rotatable bonds is 10. The number of carbonyl (C=O) groups excluding carboxylic acids is 1. The highest BCUT2D eigenvalue weighted by atomic mass is 19.2. The van der Waals surface area contributed by atoms with E-state index in [-0.39, 0.29) is 22.4 Å². The molecular weight excluding hydrogens is 489 g/mol. The summed E-state index contributed by atoms with van der Waals surface area (Å²) in [4.78, 5) is 12.5. The largest absolute Gasteiger partial charge is 0.494 e. The van der Waals surface area contributed by atoms with Crippen molar-refractivity contribution in [2.45, 2.75) is 39.5 Å². The van der Waals surface area contributed by atoms with Gasteiger partial charge in [0.2, 0.25) is 0 Å². The molecule has 0 bridgehead atoms. The third-order valence-electron chi connectivity index (χ3n) is 6.26. The highest BCUT2D eigenvalue weighted by Gasteiger charge is 2.18. The molecule has 38 heavy (non-hydrogen) atoms. The molecule has 0 N–H and O–H groups in total. The first kappa shape index (κ1) is 27.0. The molecule has 4 aromatic carbocycles. The SMILES string of the molecule is CCCCCc1ccc(-c2ccc(-c3ccc(C(=O)Oc4ccc(OCC)cc4F)cc3)c(F)c2F)cc1. The Morgan fingerprint density at radius 2 is 1.34 bits per heavy atom. The van der Waals surface area contributed by atoms with E-state index in [0.717, 1.165) is 31.7 Å². The van der Waals surface area contributed by atoms with Gasteiger partial charge in [-0.25, -0.2) is 18.0 Å². The fraction of sp³-hybridized carbons (Fsp3) is 0.219. The second-order valence-corrected chi connectivity index (χ2v) is 8.93. The summed E-state index contributed by atoms with van der Waals surface area (Å²) in [6.07, 6.45) is 4.36. The summed E-state index contributed by atoms with van der Waals surface area (Å²) >= 11 is 0. The van der Waals surface area contributed by atoms with E-state index in [2.05, 4.69) is 6.92 Å². The Morgan fingerprint density at radius 3 is 1.89 bits per heavy atom. The van der Waals surface area contributed by atoms with Crippen LogP contribution in [-0.4, -0.2) is 12.6 Å². The number of carbonyl (C=O) groups is 1. The third-order valence-corrected chi connectivity index (χ3v) is 6.26. The van der Waals surface area contributed by atoms with Crippen molar-refractivity contribution in [3.63, 3.8) is 0 Å². The van der Waals surface area contributed by atoms with Crippen molar-refractivity contribution in [1.29, 1.82) is 0 Å². The Balaban J connectivity index is 1.48. The van der Waals surface area contributed by atoms with Gasteiger partial charge in [0.15, 0.2) is 23.2 Å². The molecule has 6 heteroatoms. The molecule has 0 amide bonds. The van der Waals surface area contributed by atoms with Gasteiger partial charge in [0.05, 0.1) is 12.2 Å². The number of hydrogen-bond acceptors (Lipinski definition) is 3. The summed E-state index contributed by atoms with van der Waals surface area (Å²) in [5.74, 6) is -3.32. The van der Waals surface area contributed by atoms with E-state index in [0.29, 0.717) is 23.5 Å². The smallest absolute Gasteiger partial charge is 0.343 e. The van der Waals surface area contributed by atoms with Gasteiger partial charge in [-0.2, -0.15) is 0 Å². The van der Waals surface area contributed by atoms with Crippen molar-refractivity contribution >= 4 is 5.97 Å². The van der Waals surface area contributed by atoms with Crippen molar-refractivity contribution in [1.82, 2.24) is 0 Å². The zero-order valence-corrected chi connectivity index (χ0v) is 21.4. The minimum absolute atomic E-state index is 0.0694. The van der Waals surface area contributed by atoms with E-state index in [4.69, 9.17) is 9.47 Å². The summed E-state index contributed by atoms with van der Waals surface area (Å²) in [6, 6.07) is 20.4. The minimum atomic E-state index is -0.971. The van der Waals surface area contributed by atoms with E-state index in [1.807, 2.05) is 24.3 Å². The lowest BCUT2D eigenvalue weighted by atomic mass is 9.97. The third kappa shape index (κ3) is 6.25. The molecule has 0 aliphatic heterocycles. The van der Waals surface area contributed by atoms with E-state index < -0.39 is 23.4 Å². The minimum Gasteiger partial charge on any atom is -0.494 e. The molecule has 0 aromatic heterocycles. The average Bonchev–Trinajstić information content (AvgIpc) is 2.93. The molecule has 0 saturated carbocycles. The summed E-state index contributed by atoms with van der Waals surface area (Å²) in [6.45, 7) is 4.31. The molecule has 3 nitrogen and oxygen atoms in total. The van der Waals surface area contributed by atoms with E-state index in [1.54, 1.807) is 13.0 Å². The highest BCUT2D eigenvalue weighted by molar-refractivity contribution is 5.91. The van der Waals surface area contributed by atoms with Gasteiger partial charge in [-0.15, -0.1) is 0 Å². The zero-order chi connectivity index (χ0) is 27.1. The van der Waals surface area contributed by atoms with Crippen molar-refractivity contribution in [2.75, 3.05) is 6.61 Å². The first-order valence-corrected chi connectivity index (χ1v) is 12.7.